The van der Waals surface area contributed by atoms with Crippen LogP contribution in [-0.2, 0) is 11.2 Å². The molecule has 0 aliphatic carbocycles. The number of nitrogens with one attached hydrogen (secondary N) is 2. The minimum Gasteiger partial charge on any atom is -0.357 e. The lowest BCUT2D eigenvalue weighted by molar-refractivity contribution is -0.130. The highest BCUT2D eigenvalue weighted by atomic mass is 127. The molecule has 0 atom stereocenters. The molecule has 1 heterocycles. The van der Waals surface area contributed by atoms with Gasteiger partial charge in [0, 0.05) is 49.6 Å². The fraction of sp³-hybridized carbons (Fsp3) is 0.500. The molecule has 8 nitrogen and oxygen atoms in total. The van der Waals surface area contributed by atoms with Gasteiger partial charge in [0.1, 0.15) is 0 Å². The minimum absolute atomic E-state index is 0. The largest absolute Gasteiger partial charge is 0.357 e. The third-order valence-corrected chi connectivity index (χ3v) is 4.47. The van der Waals surface area contributed by atoms with Gasteiger partial charge in [-0.3, -0.25) is 9.79 Å². The lowest BCUT2D eigenvalue weighted by Crippen LogP contribution is -2.40. The van der Waals surface area contributed by atoms with Crippen LogP contribution in [0.3, 0.4) is 0 Å². The number of aromatic nitrogens is 2. The summed E-state index contributed by atoms with van der Waals surface area (Å²) in [6, 6.07) is 7.31. The zero-order chi connectivity index (χ0) is 21.1. The van der Waals surface area contributed by atoms with Crippen LogP contribution in [0.4, 0.5) is 0 Å². The van der Waals surface area contributed by atoms with Gasteiger partial charge in [-0.15, -0.1) is 24.0 Å². The summed E-state index contributed by atoms with van der Waals surface area (Å²) in [7, 11) is 0. The van der Waals surface area contributed by atoms with Crippen molar-refractivity contribution in [2.45, 2.75) is 33.6 Å². The number of rotatable bonds is 10. The summed E-state index contributed by atoms with van der Waals surface area (Å²) in [5.74, 6) is 1.81. The molecule has 0 aliphatic rings. The number of benzene rings is 1. The Morgan fingerprint density at radius 2 is 2.00 bits per heavy atom. The van der Waals surface area contributed by atoms with Crippen LogP contribution in [0.25, 0.3) is 11.4 Å². The highest BCUT2D eigenvalue weighted by Crippen LogP contribution is 2.19. The van der Waals surface area contributed by atoms with E-state index in [9.17, 15) is 4.79 Å². The van der Waals surface area contributed by atoms with E-state index < -0.39 is 0 Å². The Hall–Kier alpha value is -1.88. The Labute approximate surface area is 199 Å². The fourth-order valence-corrected chi connectivity index (χ4v) is 2.92. The van der Waals surface area contributed by atoms with Gasteiger partial charge in [0.25, 0.3) is 0 Å². The van der Waals surface area contributed by atoms with Crippen molar-refractivity contribution < 1.29 is 9.32 Å². The number of guanidine groups is 1. The molecule has 0 aliphatic heterocycles. The summed E-state index contributed by atoms with van der Waals surface area (Å²) in [5, 5.41) is 11.0. The van der Waals surface area contributed by atoms with E-state index in [2.05, 4.69) is 25.8 Å². The molecule has 2 aromatic rings. The van der Waals surface area contributed by atoms with Crippen LogP contribution in [0.2, 0.25) is 5.02 Å². The first-order valence-corrected chi connectivity index (χ1v) is 10.3. The Balaban J connectivity index is 0.00000450. The molecule has 2 rings (SSSR count). The van der Waals surface area contributed by atoms with Gasteiger partial charge >= 0.3 is 0 Å². The average Bonchev–Trinajstić information content (AvgIpc) is 3.18. The highest BCUT2D eigenvalue weighted by molar-refractivity contribution is 14.0. The van der Waals surface area contributed by atoms with Gasteiger partial charge in [0.15, 0.2) is 5.96 Å². The SMILES string of the molecule is CCNC(=NCCc1nc(-c2cccc(Cl)c2)no1)NCCC(=O)N(CC)CC.I. The highest BCUT2D eigenvalue weighted by Gasteiger charge is 2.10. The molecule has 0 spiro atoms. The molecule has 10 heteroatoms. The van der Waals surface area contributed by atoms with Crippen LogP contribution in [0.1, 0.15) is 33.1 Å². The number of hydrogen-bond donors (Lipinski definition) is 2. The maximum atomic E-state index is 12.1. The van der Waals surface area contributed by atoms with Crippen molar-refractivity contribution in [3.8, 4) is 11.4 Å². The third kappa shape index (κ3) is 8.47. The number of amides is 1. The molecule has 0 bridgehead atoms. The smallest absolute Gasteiger partial charge is 0.228 e. The first-order chi connectivity index (χ1) is 14.1. The second-order valence-electron chi connectivity index (χ2n) is 6.28. The number of halogens is 2. The molecular formula is C20H30ClIN6O2. The van der Waals surface area contributed by atoms with E-state index in [4.69, 9.17) is 16.1 Å². The van der Waals surface area contributed by atoms with Gasteiger partial charge in [-0.05, 0) is 32.9 Å². The molecule has 0 unspecified atom stereocenters. The van der Waals surface area contributed by atoms with Gasteiger partial charge in [-0.25, -0.2) is 0 Å². The van der Waals surface area contributed by atoms with Crippen molar-refractivity contribution in [3.63, 3.8) is 0 Å². The van der Waals surface area contributed by atoms with Crippen molar-refractivity contribution >= 4 is 47.4 Å². The van der Waals surface area contributed by atoms with Gasteiger partial charge in [-0.1, -0.05) is 28.9 Å². The summed E-state index contributed by atoms with van der Waals surface area (Å²) < 4.78 is 5.30. The van der Waals surface area contributed by atoms with E-state index in [1.807, 2.05) is 37.8 Å². The monoisotopic (exact) mass is 548 g/mol. The third-order valence-electron chi connectivity index (χ3n) is 4.24. The number of carbonyl (C=O) groups is 1. The molecule has 0 radical (unpaired) electrons. The molecule has 2 N–H and O–H groups in total. The van der Waals surface area contributed by atoms with Gasteiger partial charge < -0.3 is 20.1 Å². The Kier molecular flexibility index (Phi) is 12.4. The van der Waals surface area contributed by atoms with Crippen LogP contribution < -0.4 is 10.6 Å². The maximum Gasteiger partial charge on any atom is 0.228 e. The zero-order valence-corrected chi connectivity index (χ0v) is 20.7. The van der Waals surface area contributed by atoms with Crippen LogP contribution in [0.5, 0.6) is 0 Å². The van der Waals surface area contributed by atoms with Crippen molar-refractivity contribution in [2.24, 2.45) is 4.99 Å². The second kappa shape index (κ2) is 14.2. The van der Waals surface area contributed by atoms with E-state index in [-0.39, 0.29) is 29.9 Å². The Morgan fingerprint density at radius 3 is 2.67 bits per heavy atom. The summed E-state index contributed by atoms with van der Waals surface area (Å²) >= 11 is 6.00. The summed E-state index contributed by atoms with van der Waals surface area (Å²) in [6.45, 7) is 9.15. The predicted octanol–water partition coefficient (Wildman–Crippen LogP) is 3.36. The van der Waals surface area contributed by atoms with Gasteiger partial charge in [0.2, 0.25) is 17.6 Å². The molecule has 0 fully saturated rings. The molecule has 0 saturated carbocycles. The quantitative estimate of drug-likeness (QED) is 0.269. The lowest BCUT2D eigenvalue weighted by atomic mass is 10.2. The van der Waals surface area contributed by atoms with E-state index >= 15 is 0 Å². The first kappa shape index (κ1) is 26.2. The molecular weight excluding hydrogens is 519 g/mol. The predicted molar refractivity (Wildman–Crippen MR) is 130 cm³/mol. The number of hydrogen-bond acceptors (Lipinski definition) is 5. The molecule has 1 amide bonds. The van der Waals surface area contributed by atoms with E-state index in [0.717, 1.165) is 25.2 Å². The van der Waals surface area contributed by atoms with Crippen LogP contribution >= 0.6 is 35.6 Å². The topological polar surface area (TPSA) is 95.6 Å². The van der Waals surface area contributed by atoms with Crippen LogP contribution in [0.15, 0.2) is 33.8 Å². The standard InChI is InChI=1S/C20H29ClN6O2.HI/c1-4-22-20(24-13-11-18(28)27(5-2)6-3)23-12-10-17-25-19(26-29-17)15-8-7-9-16(21)14-15;/h7-9,14H,4-6,10-13H2,1-3H3,(H2,22,23,24);1H. The second-order valence-corrected chi connectivity index (χ2v) is 6.71. The van der Waals surface area contributed by atoms with Crippen molar-refractivity contribution in [1.82, 2.24) is 25.7 Å². The van der Waals surface area contributed by atoms with Gasteiger partial charge in [0.05, 0.1) is 6.54 Å². The first-order valence-electron chi connectivity index (χ1n) is 9.95. The summed E-state index contributed by atoms with van der Waals surface area (Å²) in [5.41, 5.74) is 0.809. The van der Waals surface area contributed by atoms with Crippen LogP contribution in [0, 0.1) is 0 Å². The van der Waals surface area contributed by atoms with E-state index in [1.54, 1.807) is 12.1 Å². The van der Waals surface area contributed by atoms with E-state index in [0.29, 0.717) is 48.6 Å². The number of aliphatic imine (C=N–C) groups is 1. The summed E-state index contributed by atoms with van der Waals surface area (Å²) in [4.78, 5) is 22.8. The Bertz CT molecular complexity index is 810. The Morgan fingerprint density at radius 1 is 1.23 bits per heavy atom. The average molecular weight is 549 g/mol. The number of nitrogens with zero attached hydrogens (tertiary/aromatic N) is 4. The summed E-state index contributed by atoms with van der Waals surface area (Å²) in [6.07, 6.45) is 0.946. The van der Waals surface area contributed by atoms with E-state index in [1.165, 1.54) is 0 Å². The normalized spacial score (nSPS) is 11.0. The molecule has 166 valence electrons. The van der Waals surface area contributed by atoms with Crippen molar-refractivity contribution in [3.05, 3.63) is 35.2 Å². The molecule has 1 aromatic carbocycles. The number of carbonyl (C=O) groups excluding carboxylic acids is 1. The molecule has 30 heavy (non-hydrogen) atoms. The fourth-order valence-electron chi connectivity index (χ4n) is 2.73. The minimum atomic E-state index is 0. The zero-order valence-electron chi connectivity index (χ0n) is 17.7. The lowest BCUT2D eigenvalue weighted by Gasteiger charge is -2.19. The van der Waals surface area contributed by atoms with Crippen molar-refractivity contribution in [1.29, 1.82) is 0 Å². The molecule has 1 aromatic heterocycles. The van der Waals surface area contributed by atoms with Crippen LogP contribution in [-0.4, -0.2) is 59.6 Å². The van der Waals surface area contributed by atoms with Gasteiger partial charge in [-0.2, -0.15) is 4.98 Å². The maximum absolute atomic E-state index is 12.1. The van der Waals surface area contributed by atoms with Crippen molar-refractivity contribution in [2.75, 3.05) is 32.7 Å². The molecule has 0 saturated heterocycles.